The van der Waals surface area contributed by atoms with Gasteiger partial charge in [0.2, 0.25) is 0 Å². The summed E-state index contributed by atoms with van der Waals surface area (Å²) >= 11 is 0. The number of carbonyl (C=O) groups is 1. The van der Waals surface area contributed by atoms with Crippen molar-refractivity contribution in [2.75, 3.05) is 5.32 Å². The van der Waals surface area contributed by atoms with Crippen LogP contribution in [0.1, 0.15) is 25.0 Å². The number of pyridine rings is 1. The van der Waals surface area contributed by atoms with Crippen LogP contribution in [0.5, 0.6) is 0 Å². The summed E-state index contributed by atoms with van der Waals surface area (Å²) in [5, 5.41) is 6.90. The van der Waals surface area contributed by atoms with Crippen LogP contribution in [-0.4, -0.2) is 17.1 Å². The Morgan fingerprint density at radius 1 is 1.26 bits per heavy atom. The maximum atomic E-state index is 11.9. The van der Waals surface area contributed by atoms with E-state index in [1.54, 1.807) is 0 Å². The van der Waals surface area contributed by atoms with Crippen LogP contribution in [0.15, 0.2) is 30.3 Å². The number of aromatic nitrogens is 1. The largest absolute Gasteiger partial charge is 0.335 e. The van der Waals surface area contributed by atoms with E-state index >= 15 is 0 Å². The third-order valence-corrected chi connectivity index (χ3v) is 3.55. The molecule has 1 aromatic carbocycles. The summed E-state index contributed by atoms with van der Waals surface area (Å²) in [6, 6.07) is 10.0. The highest BCUT2D eigenvalue weighted by Gasteiger charge is 2.19. The van der Waals surface area contributed by atoms with Gasteiger partial charge in [-0.1, -0.05) is 18.2 Å². The standard InChI is InChI=1S/C15H17N3O/c1-10-8-9-11-4-2-7-13(14(11)16-10)18-15(19)17-12-5-3-6-12/h2,4,7-9,12H,3,5-6H2,1H3,(H2,17,18,19). The van der Waals surface area contributed by atoms with Crippen molar-refractivity contribution >= 4 is 22.6 Å². The summed E-state index contributed by atoms with van der Waals surface area (Å²) in [7, 11) is 0. The summed E-state index contributed by atoms with van der Waals surface area (Å²) < 4.78 is 0. The second-order valence-corrected chi connectivity index (χ2v) is 5.06. The van der Waals surface area contributed by atoms with Gasteiger partial charge in [-0.05, 0) is 38.3 Å². The van der Waals surface area contributed by atoms with Crippen molar-refractivity contribution < 1.29 is 4.79 Å². The lowest BCUT2D eigenvalue weighted by Crippen LogP contribution is -2.41. The number of aryl methyl sites for hydroxylation is 1. The Morgan fingerprint density at radius 3 is 2.84 bits per heavy atom. The molecule has 19 heavy (non-hydrogen) atoms. The van der Waals surface area contributed by atoms with E-state index in [0.717, 1.165) is 35.1 Å². The number of rotatable bonds is 2. The Bertz CT molecular complexity index is 620. The van der Waals surface area contributed by atoms with Crippen LogP contribution in [0.25, 0.3) is 10.9 Å². The molecule has 1 aliphatic carbocycles. The molecule has 4 heteroatoms. The van der Waals surface area contributed by atoms with E-state index in [1.165, 1.54) is 6.42 Å². The van der Waals surface area contributed by atoms with Crippen molar-refractivity contribution in [2.24, 2.45) is 0 Å². The van der Waals surface area contributed by atoms with E-state index in [0.29, 0.717) is 6.04 Å². The highest BCUT2D eigenvalue weighted by Crippen LogP contribution is 2.22. The van der Waals surface area contributed by atoms with Crippen molar-refractivity contribution in [1.82, 2.24) is 10.3 Å². The first-order chi connectivity index (χ1) is 9.22. The van der Waals surface area contributed by atoms with Gasteiger partial charge in [0.1, 0.15) is 0 Å². The van der Waals surface area contributed by atoms with Gasteiger partial charge >= 0.3 is 6.03 Å². The van der Waals surface area contributed by atoms with E-state index in [-0.39, 0.29) is 6.03 Å². The molecule has 1 fully saturated rings. The number of anilines is 1. The molecule has 2 amide bonds. The van der Waals surface area contributed by atoms with Crippen LogP contribution in [0.3, 0.4) is 0 Å². The van der Waals surface area contributed by atoms with Crippen LogP contribution >= 0.6 is 0 Å². The third kappa shape index (κ3) is 2.52. The molecule has 2 N–H and O–H groups in total. The zero-order chi connectivity index (χ0) is 13.2. The molecule has 0 atom stereocenters. The number of nitrogens with one attached hydrogen (secondary N) is 2. The fourth-order valence-electron chi connectivity index (χ4n) is 2.24. The van der Waals surface area contributed by atoms with E-state index in [9.17, 15) is 4.79 Å². The van der Waals surface area contributed by atoms with Gasteiger partial charge in [0.05, 0.1) is 11.2 Å². The van der Waals surface area contributed by atoms with E-state index in [1.807, 2.05) is 37.3 Å². The van der Waals surface area contributed by atoms with Crippen molar-refractivity contribution in [1.29, 1.82) is 0 Å². The lowest BCUT2D eigenvalue weighted by molar-refractivity contribution is 0.240. The molecule has 3 rings (SSSR count). The first-order valence-electron chi connectivity index (χ1n) is 6.66. The second kappa shape index (κ2) is 4.88. The predicted octanol–water partition coefficient (Wildman–Crippen LogP) is 3.22. The van der Waals surface area contributed by atoms with Gasteiger partial charge in [-0.25, -0.2) is 4.79 Å². The average molecular weight is 255 g/mol. The van der Waals surface area contributed by atoms with Crippen molar-refractivity contribution in [3.63, 3.8) is 0 Å². The fourth-order valence-corrected chi connectivity index (χ4v) is 2.24. The second-order valence-electron chi connectivity index (χ2n) is 5.06. The summed E-state index contributed by atoms with van der Waals surface area (Å²) in [4.78, 5) is 16.4. The van der Waals surface area contributed by atoms with Gasteiger partial charge in [-0.2, -0.15) is 0 Å². The minimum absolute atomic E-state index is 0.138. The Kier molecular flexibility index (Phi) is 3.07. The number of fused-ring (bicyclic) bond motifs is 1. The highest BCUT2D eigenvalue weighted by molar-refractivity contribution is 5.99. The summed E-state index contributed by atoms with van der Waals surface area (Å²) in [6.07, 6.45) is 3.38. The van der Waals surface area contributed by atoms with Crippen molar-refractivity contribution in [2.45, 2.75) is 32.2 Å². The Morgan fingerprint density at radius 2 is 2.11 bits per heavy atom. The van der Waals surface area contributed by atoms with Crippen LogP contribution in [-0.2, 0) is 0 Å². The van der Waals surface area contributed by atoms with Crippen LogP contribution in [0.4, 0.5) is 10.5 Å². The highest BCUT2D eigenvalue weighted by atomic mass is 16.2. The average Bonchev–Trinajstić information content (AvgIpc) is 2.35. The first kappa shape index (κ1) is 12.0. The minimum atomic E-state index is -0.138. The number of amides is 2. The molecular weight excluding hydrogens is 238 g/mol. The molecule has 1 heterocycles. The van der Waals surface area contributed by atoms with Crippen LogP contribution in [0.2, 0.25) is 0 Å². The number of urea groups is 1. The van der Waals surface area contributed by atoms with Gasteiger partial charge in [0.25, 0.3) is 0 Å². The maximum Gasteiger partial charge on any atom is 0.319 e. The lowest BCUT2D eigenvalue weighted by Gasteiger charge is -2.26. The van der Waals surface area contributed by atoms with Crippen LogP contribution < -0.4 is 10.6 Å². The van der Waals surface area contributed by atoms with E-state index in [2.05, 4.69) is 15.6 Å². The van der Waals surface area contributed by atoms with Crippen LogP contribution in [0, 0.1) is 6.92 Å². The number of carbonyl (C=O) groups excluding carboxylic acids is 1. The molecule has 0 aliphatic heterocycles. The Hall–Kier alpha value is -2.10. The summed E-state index contributed by atoms with van der Waals surface area (Å²) in [6.45, 7) is 1.95. The molecular formula is C15H17N3O. The first-order valence-corrected chi connectivity index (χ1v) is 6.66. The topological polar surface area (TPSA) is 54.0 Å². The monoisotopic (exact) mass is 255 g/mol. The molecule has 0 bridgehead atoms. The molecule has 0 saturated heterocycles. The summed E-state index contributed by atoms with van der Waals surface area (Å²) in [5.41, 5.74) is 2.55. The molecule has 0 radical (unpaired) electrons. The SMILES string of the molecule is Cc1ccc2cccc(NC(=O)NC3CCC3)c2n1. The number of nitrogens with zero attached hydrogens (tertiary/aromatic N) is 1. The van der Waals surface area contributed by atoms with Crippen molar-refractivity contribution in [3.8, 4) is 0 Å². The zero-order valence-corrected chi connectivity index (χ0v) is 10.9. The number of hydrogen-bond donors (Lipinski definition) is 2. The third-order valence-electron chi connectivity index (χ3n) is 3.55. The minimum Gasteiger partial charge on any atom is -0.335 e. The van der Waals surface area contributed by atoms with Gasteiger partial charge in [-0.15, -0.1) is 0 Å². The van der Waals surface area contributed by atoms with Gasteiger partial charge in [0.15, 0.2) is 0 Å². The number of hydrogen-bond acceptors (Lipinski definition) is 2. The molecule has 0 unspecified atom stereocenters. The van der Waals surface area contributed by atoms with Gasteiger partial charge in [0, 0.05) is 17.1 Å². The van der Waals surface area contributed by atoms with E-state index < -0.39 is 0 Å². The van der Waals surface area contributed by atoms with Crippen molar-refractivity contribution in [3.05, 3.63) is 36.0 Å². The number of para-hydroxylation sites is 1. The Balaban J connectivity index is 1.83. The zero-order valence-electron chi connectivity index (χ0n) is 10.9. The van der Waals surface area contributed by atoms with Gasteiger partial charge in [-0.3, -0.25) is 4.98 Å². The predicted molar refractivity (Wildman–Crippen MR) is 76.3 cm³/mol. The lowest BCUT2D eigenvalue weighted by atomic mass is 9.93. The maximum absolute atomic E-state index is 11.9. The molecule has 98 valence electrons. The Labute approximate surface area is 112 Å². The molecule has 1 aliphatic rings. The molecule has 0 spiro atoms. The molecule has 1 aromatic heterocycles. The fraction of sp³-hybridized carbons (Fsp3) is 0.333. The normalized spacial score (nSPS) is 15.0. The summed E-state index contributed by atoms with van der Waals surface area (Å²) in [5.74, 6) is 0. The molecule has 1 saturated carbocycles. The molecule has 2 aromatic rings. The quantitative estimate of drug-likeness (QED) is 0.865. The smallest absolute Gasteiger partial charge is 0.319 e. The van der Waals surface area contributed by atoms with E-state index in [4.69, 9.17) is 0 Å². The van der Waals surface area contributed by atoms with Gasteiger partial charge < -0.3 is 10.6 Å². The number of benzene rings is 1. The molecule has 4 nitrogen and oxygen atoms in total.